The summed E-state index contributed by atoms with van der Waals surface area (Å²) in [5.74, 6) is -0.159. The molecular weight excluding hydrogens is 282 g/mol. The van der Waals surface area contributed by atoms with Crippen LogP contribution in [-0.4, -0.2) is 39.6 Å². The number of nitrogens with zero attached hydrogens (tertiary/aromatic N) is 3. The lowest BCUT2D eigenvalue weighted by atomic mass is 9.93. The average Bonchev–Trinajstić information content (AvgIpc) is 3.11. The zero-order valence-electron chi connectivity index (χ0n) is 12.9. The predicted molar refractivity (Wildman–Crippen MR) is 80.6 cm³/mol. The number of hydrogen-bond acceptors (Lipinski definition) is 4. The Hall–Kier alpha value is -2.15. The number of amides is 1. The molecular formula is C15H21N5O2. The van der Waals surface area contributed by atoms with E-state index in [1.165, 1.54) is 5.56 Å². The molecule has 0 fully saturated rings. The summed E-state index contributed by atoms with van der Waals surface area (Å²) in [7, 11) is 1.68. The molecule has 2 aromatic rings. The lowest BCUT2D eigenvalue weighted by molar-refractivity contribution is 0.0926. The molecule has 0 saturated carbocycles. The van der Waals surface area contributed by atoms with E-state index in [0.717, 1.165) is 37.2 Å². The van der Waals surface area contributed by atoms with E-state index < -0.39 is 0 Å². The summed E-state index contributed by atoms with van der Waals surface area (Å²) >= 11 is 0. The third kappa shape index (κ3) is 3.04. The van der Waals surface area contributed by atoms with Crippen molar-refractivity contribution < 1.29 is 9.53 Å². The minimum atomic E-state index is -0.159. The van der Waals surface area contributed by atoms with Crippen LogP contribution in [0.1, 0.15) is 46.3 Å². The molecule has 0 spiro atoms. The first-order valence-corrected chi connectivity index (χ1v) is 7.55. The van der Waals surface area contributed by atoms with Crippen molar-refractivity contribution in [1.82, 2.24) is 25.3 Å². The van der Waals surface area contributed by atoms with Gasteiger partial charge in [0.05, 0.1) is 24.9 Å². The molecule has 1 aliphatic rings. The molecule has 0 saturated heterocycles. The normalized spacial score (nSPS) is 17.3. The van der Waals surface area contributed by atoms with Gasteiger partial charge < -0.3 is 10.1 Å². The van der Waals surface area contributed by atoms with Crippen LogP contribution in [0.5, 0.6) is 0 Å². The van der Waals surface area contributed by atoms with Crippen molar-refractivity contribution in [2.75, 3.05) is 13.7 Å². The first-order valence-electron chi connectivity index (χ1n) is 7.55. The number of ether oxygens (including phenoxy) is 1. The number of carbonyl (C=O) groups excluding carboxylic acids is 1. The van der Waals surface area contributed by atoms with Crippen LogP contribution in [0, 0.1) is 6.92 Å². The molecule has 2 heterocycles. The zero-order chi connectivity index (χ0) is 15.5. The minimum Gasteiger partial charge on any atom is -0.383 e. The van der Waals surface area contributed by atoms with Crippen molar-refractivity contribution >= 4 is 5.91 Å². The maximum Gasteiger partial charge on any atom is 0.272 e. The third-order valence-electron chi connectivity index (χ3n) is 3.91. The highest BCUT2D eigenvalue weighted by atomic mass is 16.5. The molecule has 1 atom stereocenters. The van der Waals surface area contributed by atoms with E-state index in [-0.39, 0.29) is 11.9 Å². The largest absolute Gasteiger partial charge is 0.383 e. The number of aryl methyl sites for hydroxylation is 2. The average molecular weight is 303 g/mol. The fraction of sp³-hybridized carbons (Fsp3) is 0.533. The van der Waals surface area contributed by atoms with Crippen LogP contribution in [0.3, 0.4) is 0 Å². The van der Waals surface area contributed by atoms with Crippen LogP contribution in [-0.2, 0) is 17.7 Å². The second kappa shape index (κ2) is 6.31. The summed E-state index contributed by atoms with van der Waals surface area (Å²) in [4.78, 5) is 12.3. The summed E-state index contributed by atoms with van der Waals surface area (Å²) in [6, 6.07) is 1.70. The van der Waals surface area contributed by atoms with E-state index in [9.17, 15) is 4.79 Å². The first kappa shape index (κ1) is 14.8. The molecule has 1 amide bonds. The lowest BCUT2D eigenvalue weighted by Gasteiger charge is -2.21. The van der Waals surface area contributed by atoms with Gasteiger partial charge in [-0.05, 0) is 37.8 Å². The van der Waals surface area contributed by atoms with Gasteiger partial charge in [0.2, 0.25) is 0 Å². The number of fused-ring (bicyclic) bond motifs is 1. The number of carbonyl (C=O) groups is 1. The monoisotopic (exact) mass is 303 g/mol. The number of H-pyrrole nitrogens is 1. The molecule has 0 aliphatic heterocycles. The molecule has 0 radical (unpaired) electrons. The molecule has 1 aliphatic carbocycles. The smallest absolute Gasteiger partial charge is 0.272 e. The molecule has 118 valence electrons. The van der Waals surface area contributed by atoms with Crippen molar-refractivity contribution in [1.29, 1.82) is 0 Å². The Morgan fingerprint density at radius 2 is 2.45 bits per heavy atom. The Balaban J connectivity index is 1.73. The van der Waals surface area contributed by atoms with E-state index in [2.05, 4.69) is 26.8 Å². The highest BCUT2D eigenvalue weighted by molar-refractivity contribution is 5.92. The Kier molecular flexibility index (Phi) is 4.24. The van der Waals surface area contributed by atoms with Crippen molar-refractivity contribution in [2.24, 2.45) is 0 Å². The minimum absolute atomic E-state index is 0.0444. The molecule has 7 heteroatoms. The maximum atomic E-state index is 12.3. The van der Waals surface area contributed by atoms with Crippen molar-refractivity contribution in [3.05, 3.63) is 34.9 Å². The Bertz CT molecular complexity index is 661. The molecule has 7 nitrogen and oxygen atoms in total. The standard InChI is InChI=1S/C15H21N5O2/c1-10-8-13(18-17-10)15(21)16-12-5-3-4-11-9-20(6-7-22-2)19-14(11)12/h8-9,12H,3-7H2,1-2H3,(H,16,21)(H,17,18)/t12-/m1/s1. The predicted octanol–water partition coefficient (Wildman–Crippen LogP) is 1.37. The second-order valence-corrected chi connectivity index (χ2v) is 5.65. The first-order chi connectivity index (χ1) is 10.7. The quantitative estimate of drug-likeness (QED) is 0.873. The number of aromatic amines is 1. The van der Waals surface area contributed by atoms with Crippen molar-refractivity contribution in [3.63, 3.8) is 0 Å². The van der Waals surface area contributed by atoms with Crippen molar-refractivity contribution in [3.8, 4) is 0 Å². The number of nitrogens with one attached hydrogen (secondary N) is 2. The summed E-state index contributed by atoms with van der Waals surface area (Å²) in [5.41, 5.74) is 3.48. The third-order valence-corrected chi connectivity index (χ3v) is 3.91. The summed E-state index contributed by atoms with van der Waals surface area (Å²) in [5, 5.41) is 14.5. The second-order valence-electron chi connectivity index (χ2n) is 5.65. The van der Waals surface area contributed by atoms with Crippen LogP contribution in [0.2, 0.25) is 0 Å². The molecule has 2 N–H and O–H groups in total. The van der Waals surface area contributed by atoms with Gasteiger partial charge in [0.15, 0.2) is 0 Å². The van der Waals surface area contributed by atoms with Gasteiger partial charge in [0, 0.05) is 19.0 Å². The molecule has 22 heavy (non-hydrogen) atoms. The van der Waals surface area contributed by atoms with Gasteiger partial charge in [-0.15, -0.1) is 0 Å². The fourth-order valence-corrected chi connectivity index (χ4v) is 2.80. The maximum absolute atomic E-state index is 12.3. The Morgan fingerprint density at radius 1 is 1.59 bits per heavy atom. The summed E-state index contributed by atoms with van der Waals surface area (Å²) < 4.78 is 6.99. The van der Waals surface area contributed by atoms with Crippen LogP contribution in [0.4, 0.5) is 0 Å². The molecule has 0 aromatic carbocycles. The van der Waals surface area contributed by atoms with Gasteiger partial charge in [-0.1, -0.05) is 0 Å². The van der Waals surface area contributed by atoms with Gasteiger partial charge >= 0.3 is 0 Å². The molecule has 2 aromatic heterocycles. The van der Waals surface area contributed by atoms with E-state index in [1.54, 1.807) is 13.2 Å². The molecule has 0 bridgehead atoms. The van der Waals surface area contributed by atoms with Gasteiger partial charge in [-0.3, -0.25) is 14.6 Å². The van der Waals surface area contributed by atoms with Crippen LogP contribution in [0.25, 0.3) is 0 Å². The highest BCUT2D eigenvalue weighted by Crippen LogP contribution is 2.28. The zero-order valence-corrected chi connectivity index (χ0v) is 12.9. The van der Waals surface area contributed by atoms with Gasteiger partial charge in [0.25, 0.3) is 5.91 Å². The van der Waals surface area contributed by atoms with E-state index in [1.807, 2.05) is 11.6 Å². The lowest BCUT2D eigenvalue weighted by Crippen LogP contribution is -2.31. The topological polar surface area (TPSA) is 84.8 Å². The fourth-order valence-electron chi connectivity index (χ4n) is 2.80. The van der Waals surface area contributed by atoms with E-state index >= 15 is 0 Å². The number of aromatic nitrogens is 4. The molecule has 0 unspecified atom stereocenters. The van der Waals surface area contributed by atoms with Crippen LogP contribution in [0.15, 0.2) is 12.3 Å². The number of rotatable bonds is 5. The summed E-state index contributed by atoms with van der Waals surface area (Å²) in [6.45, 7) is 3.23. The Labute approximate surface area is 129 Å². The van der Waals surface area contributed by atoms with Crippen LogP contribution >= 0.6 is 0 Å². The van der Waals surface area contributed by atoms with E-state index in [0.29, 0.717) is 12.3 Å². The summed E-state index contributed by atoms with van der Waals surface area (Å²) in [6.07, 6.45) is 5.03. The SMILES string of the molecule is COCCn1cc2c(n1)[C@H](NC(=O)c1cc(C)[nH]n1)CCC2. The number of methoxy groups -OCH3 is 1. The highest BCUT2D eigenvalue weighted by Gasteiger charge is 2.26. The van der Waals surface area contributed by atoms with Gasteiger partial charge in [-0.25, -0.2) is 0 Å². The van der Waals surface area contributed by atoms with Gasteiger partial charge in [0.1, 0.15) is 5.69 Å². The van der Waals surface area contributed by atoms with Gasteiger partial charge in [-0.2, -0.15) is 10.2 Å². The number of hydrogen-bond donors (Lipinski definition) is 2. The van der Waals surface area contributed by atoms with Crippen LogP contribution < -0.4 is 5.32 Å². The van der Waals surface area contributed by atoms with E-state index in [4.69, 9.17) is 4.74 Å². The Morgan fingerprint density at radius 3 is 3.18 bits per heavy atom. The van der Waals surface area contributed by atoms with Crippen molar-refractivity contribution in [2.45, 2.75) is 38.8 Å². The molecule has 3 rings (SSSR count).